The molecule has 1 aliphatic heterocycles. The van der Waals surface area contributed by atoms with Crippen LogP contribution in [-0.2, 0) is 18.3 Å². The Kier molecular flexibility index (Phi) is 3.83. The van der Waals surface area contributed by atoms with E-state index in [1.54, 1.807) is 6.20 Å². The molecule has 0 unspecified atom stereocenters. The quantitative estimate of drug-likeness (QED) is 0.909. The highest BCUT2D eigenvalue weighted by Crippen LogP contribution is 2.15. The molecule has 106 valence electrons. The third kappa shape index (κ3) is 2.91. The average molecular weight is 273 g/mol. The van der Waals surface area contributed by atoms with Crippen molar-refractivity contribution in [2.75, 3.05) is 36.5 Å². The highest BCUT2D eigenvalue weighted by atomic mass is 16.5. The first-order valence-corrected chi connectivity index (χ1v) is 6.82. The molecule has 2 aromatic heterocycles. The van der Waals surface area contributed by atoms with Gasteiger partial charge in [-0.05, 0) is 12.1 Å². The lowest BCUT2D eigenvalue weighted by Gasteiger charge is -2.27. The van der Waals surface area contributed by atoms with Crippen molar-refractivity contribution in [1.29, 1.82) is 0 Å². The smallest absolute Gasteiger partial charge is 0.128 e. The monoisotopic (exact) mass is 273 g/mol. The number of nitrogens with one attached hydrogen (secondary N) is 1. The Hall–Kier alpha value is -2.08. The fourth-order valence-electron chi connectivity index (χ4n) is 2.22. The van der Waals surface area contributed by atoms with E-state index in [0.717, 1.165) is 43.6 Å². The van der Waals surface area contributed by atoms with Gasteiger partial charge < -0.3 is 19.5 Å². The number of imidazole rings is 1. The number of ether oxygens (including phenoxy) is 1. The van der Waals surface area contributed by atoms with Crippen LogP contribution in [0.15, 0.2) is 30.7 Å². The van der Waals surface area contributed by atoms with E-state index in [2.05, 4.69) is 26.3 Å². The highest BCUT2D eigenvalue weighted by Gasteiger charge is 2.11. The van der Waals surface area contributed by atoms with Crippen LogP contribution in [-0.4, -0.2) is 40.8 Å². The Balaban J connectivity index is 1.59. The minimum atomic E-state index is 0.697. The maximum atomic E-state index is 5.34. The van der Waals surface area contributed by atoms with Crippen LogP contribution in [0.4, 0.5) is 11.5 Å². The van der Waals surface area contributed by atoms with E-state index in [1.165, 1.54) is 0 Å². The number of anilines is 2. The summed E-state index contributed by atoms with van der Waals surface area (Å²) in [6.07, 6.45) is 5.61. The summed E-state index contributed by atoms with van der Waals surface area (Å²) in [5.74, 6) is 2.01. The molecule has 0 atom stereocenters. The zero-order valence-corrected chi connectivity index (χ0v) is 11.6. The van der Waals surface area contributed by atoms with E-state index in [4.69, 9.17) is 4.74 Å². The van der Waals surface area contributed by atoms with Gasteiger partial charge in [-0.2, -0.15) is 0 Å². The standard InChI is InChI=1S/C14H19N5O/c1-18-5-4-15-14(18)11-16-12-2-3-13(17-10-12)19-6-8-20-9-7-19/h2-5,10,16H,6-9,11H2,1H3. The van der Waals surface area contributed by atoms with Gasteiger partial charge in [0.25, 0.3) is 0 Å². The number of nitrogens with zero attached hydrogens (tertiary/aromatic N) is 4. The third-order valence-electron chi connectivity index (χ3n) is 3.45. The molecule has 0 aliphatic carbocycles. The molecular formula is C14H19N5O. The summed E-state index contributed by atoms with van der Waals surface area (Å²) in [5.41, 5.74) is 1.00. The molecule has 0 bridgehead atoms. The van der Waals surface area contributed by atoms with Crippen LogP contribution in [0.1, 0.15) is 5.82 Å². The van der Waals surface area contributed by atoms with E-state index in [1.807, 2.05) is 30.1 Å². The van der Waals surface area contributed by atoms with E-state index in [-0.39, 0.29) is 0 Å². The first-order valence-electron chi connectivity index (χ1n) is 6.82. The molecule has 0 saturated carbocycles. The Morgan fingerprint density at radius 2 is 2.10 bits per heavy atom. The van der Waals surface area contributed by atoms with Gasteiger partial charge in [0, 0.05) is 32.5 Å². The zero-order chi connectivity index (χ0) is 13.8. The van der Waals surface area contributed by atoms with Crippen molar-refractivity contribution in [2.45, 2.75) is 6.54 Å². The molecule has 0 radical (unpaired) electrons. The van der Waals surface area contributed by atoms with Crippen molar-refractivity contribution in [1.82, 2.24) is 14.5 Å². The molecule has 20 heavy (non-hydrogen) atoms. The van der Waals surface area contributed by atoms with Gasteiger partial charge in [0.05, 0.1) is 31.6 Å². The average Bonchev–Trinajstić information content (AvgIpc) is 2.92. The molecule has 1 aliphatic rings. The first kappa shape index (κ1) is 12.9. The largest absolute Gasteiger partial charge is 0.378 e. The number of aryl methyl sites for hydroxylation is 1. The molecule has 3 rings (SSSR count). The summed E-state index contributed by atoms with van der Waals surface area (Å²) in [4.78, 5) is 11.0. The fraction of sp³-hybridized carbons (Fsp3) is 0.429. The van der Waals surface area contributed by atoms with Gasteiger partial charge in [0.1, 0.15) is 11.6 Å². The first-order chi connectivity index (χ1) is 9.83. The van der Waals surface area contributed by atoms with Gasteiger partial charge in [-0.25, -0.2) is 9.97 Å². The predicted molar refractivity (Wildman–Crippen MR) is 77.8 cm³/mol. The second-order valence-corrected chi connectivity index (χ2v) is 4.81. The lowest BCUT2D eigenvalue weighted by molar-refractivity contribution is 0.122. The minimum absolute atomic E-state index is 0.697. The predicted octanol–water partition coefficient (Wildman–Crippen LogP) is 1.26. The van der Waals surface area contributed by atoms with Crippen molar-refractivity contribution in [3.8, 4) is 0 Å². The second kappa shape index (κ2) is 5.92. The van der Waals surface area contributed by atoms with E-state index in [0.29, 0.717) is 6.54 Å². The van der Waals surface area contributed by atoms with Gasteiger partial charge >= 0.3 is 0 Å². The molecule has 0 spiro atoms. The van der Waals surface area contributed by atoms with Crippen LogP contribution in [0, 0.1) is 0 Å². The van der Waals surface area contributed by atoms with Crippen molar-refractivity contribution < 1.29 is 4.74 Å². The topological polar surface area (TPSA) is 55.2 Å². The van der Waals surface area contributed by atoms with Crippen molar-refractivity contribution in [3.63, 3.8) is 0 Å². The molecule has 6 nitrogen and oxygen atoms in total. The summed E-state index contributed by atoms with van der Waals surface area (Å²) in [6.45, 7) is 4.07. The molecule has 1 saturated heterocycles. The van der Waals surface area contributed by atoms with Crippen LogP contribution < -0.4 is 10.2 Å². The van der Waals surface area contributed by atoms with Crippen LogP contribution in [0.25, 0.3) is 0 Å². The van der Waals surface area contributed by atoms with Crippen LogP contribution in [0.5, 0.6) is 0 Å². The van der Waals surface area contributed by atoms with Crippen LogP contribution in [0.3, 0.4) is 0 Å². The SMILES string of the molecule is Cn1ccnc1CNc1ccc(N2CCOCC2)nc1. The molecule has 6 heteroatoms. The number of hydrogen-bond donors (Lipinski definition) is 1. The Bertz CT molecular complexity index is 545. The maximum absolute atomic E-state index is 5.34. The van der Waals surface area contributed by atoms with Gasteiger partial charge in [-0.3, -0.25) is 0 Å². The van der Waals surface area contributed by atoms with Crippen LogP contribution in [0.2, 0.25) is 0 Å². The Labute approximate surface area is 118 Å². The molecule has 1 N–H and O–H groups in total. The molecule has 0 amide bonds. The van der Waals surface area contributed by atoms with Gasteiger partial charge in [-0.1, -0.05) is 0 Å². The number of pyridine rings is 1. The normalized spacial score (nSPS) is 15.3. The van der Waals surface area contributed by atoms with E-state index < -0.39 is 0 Å². The molecule has 1 fully saturated rings. The summed E-state index contributed by atoms with van der Waals surface area (Å²) in [7, 11) is 1.99. The molecular weight excluding hydrogens is 254 g/mol. The Morgan fingerprint density at radius 3 is 2.75 bits per heavy atom. The fourth-order valence-corrected chi connectivity index (χ4v) is 2.22. The summed E-state index contributed by atoms with van der Waals surface area (Å²) in [5, 5.41) is 3.33. The van der Waals surface area contributed by atoms with E-state index >= 15 is 0 Å². The van der Waals surface area contributed by atoms with Crippen LogP contribution >= 0.6 is 0 Å². The zero-order valence-electron chi connectivity index (χ0n) is 11.6. The number of rotatable bonds is 4. The lowest BCUT2D eigenvalue weighted by Crippen LogP contribution is -2.36. The van der Waals surface area contributed by atoms with E-state index in [9.17, 15) is 0 Å². The summed E-state index contributed by atoms with van der Waals surface area (Å²) < 4.78 is 7.35. The Morgan fingerprint density at radius 1 is 1.25 bits per heavy atom. The number of hydrogen-bond acceptors (Lipinski definition) is 5. The van der Waals surface area contributed by atoms with Gasteiger partial charge in [-0.15, -0.1) is 0 Å². The minimum Gasteiger partial charge on any atom is -0.378 e. The maximum Gasteiger partial charge on any atom is 0.128 e. The molecule has 2 aromatic rings. The molecule has 0 aromatic carbocycles. The lowest BCUT2D eigenvalue weighted by atomic mass is 10.3. The second-order valence-electron chi connectivity index (χ2n) is 4.81. The highest BCUT2D eigenvalue weighted by molar-refractivity contribution is 5.48. The van der Waals surface area contributed by atoms with Gasteiger partial charge in [0.15, 0.2) is 0 Å². The van der Waals surface area contributed by atoms with Crippen molar-refractivity contribution >= 4 is 11.5 Å². The summed E-state index contributed by atoms with van der Waals surface area (Å²) >= 11 is 0. The summed E-state index contributed by atoms with van der Waals surface area (Å²) in [6, 6.07) is 4.10. The van der Waals surface area contributed by atoms with Gasteiger partial charge in [0.2, 0.25) is 0 Å². The van der Waals surface area contributed by atoms with Crippen molar-refractivity contribution in [2.24, 2.45) is 7.05 Å². The molecule has 3 heterocycles. The number of aromatic nitrogens is 3. The number of morpholine rings is 1. The third-order valence-corrected chi connectivity index (χ3v) is 3.45. The van der Waals surface area contributed by atoms with Crippen molar-refractivity contribution in [3.05, 3.63) is 36.5 Å².